The highest BCUT2D eigenvalue weighted by Gasteiger charge is 2.19. The smallest absolute Gasteiger partial charge is 0.0630 e. The zero-order chi connectivity index (χ0) is 13.8. The Morgan fingerprint density at radius 2 is 1.84 bits per heavy atom. The van der Waals surface area contributed by atoms with Crippen molar-refractivity contribution in [1.82, 2.24) is 9.80 Å². The fourth-order valence-electron chi connectivity index (χ4n) is 2.65. The highest BCUT2D eigenvalue weighted by molar-refractivity contribution is 5.71. The van der Waals surface area contributed by atoms with E-state index in [4.69, 9.17) is 5.73 Å². The van der Waals surface area contributed by atoms with Crippen LogP contribution in [0.5, 0.6) is 0 Å². The van der Waals surface area contributed by atoms with Crippen molar-refractivity contribution in [3.63, 3.8) is 0 Å². The van der Waals surface area contributed by atoms with Crippen molar-refractivity contribution in [2.75, 3.05) is 64.0 Å². The van der Waals surface area contributed by atoms with E-state index in [9.17, 15) is 0 Å². The van der Waals surface area contributed by atoms with Gasteiger partial charge in [-0.1, -0.05) is 12.1 Å². The first-order chi connectivity index (χ1) is 9.08. The summed E-state index contributed by atoms with van der Waals surface area (Å²) in [6.45, 7) is 8.83. The van der Waals surface area contributed by atoms with Gasteiger partial charge < -0.3 is 15.5 Å². The predicted molar refractivity (Wildman–Crippen MR) is 82.8 cm³/mol. The standard InChI is InChI=1S/C15H26N4/c1-13-5-4-6-14(16)15(13)19-11-9-18(10-12-19)8-7-17(2)3/h4-6H,7-12,16H2,1-3H3. The van der Waals surface area contributed by atoms with E-state index in [1.165, 1.54) is 11.3 Å². The van der Waals surface area contributed by atoms with Crippen LogP contribution in [-0.2, 0) is 0 Å². The molecule has 2 N–H and O–H groups in total. The van der Waals surface area contributed by atoms with Crippen LogP contribution >= 0.6 is 0 Å². The lowest BCUT2D eigenvalue weighted by Gasteiger charge is -2.37. The third-order valence-corrected chi connectivity index (χ3v) is 3.82. The first kappa shape index (κ1) is 14.2. The van der Waals surface area contributed by atoms with Gasteiger partial charge in [-0.15, -0.1) is 0 Å². The summed E-state index contributed by atoms with van der Waals surface area (Å²) < 4.78 is 0. The highest BCUT2D eigenvalue weighted by atomic mass is 15.3. The molecule has 0 radical (unpaired) electrons. The summed E-state index contributed by atoms with van der Waals surface area (Å²) in [4.78, 5) is 7.20. The molecule has 1 saturated heterocycles. The summed E-state index contributed by atoms with van der Waals surface area (Å²) in [6.07, 6.45) is 0. The van der Waals surface area contributed by atoms with Crippen LogP contribution in [0.1, 0.15) is 5.56 Å². The number of anilines is 2. The lowest BCUT2D eigenvalue weighted by molar-refractivity contribution is 0.229. The first-order valence-electron chi connectivity index (χ1n) is 7.05. The predicted octanol–water partition coefficient (Wildman–Crippen LogP) is 1.26. The van der Waals surface area contributed by atoms with Crippen molar-refractivity contribution in [3.8, 4) is 0 Å². The maximum absolute atomic E-state index is 6.12. The SMILES string of the molecule is Cc1cccc(N)c1N1CCN(CCN(C)C)CC1. The molecule has 1 fully saturated rings. The van der Waals surface area contributed by atoms with Crippen LogP contribution < -0.4 is 10.6 Å². The molecule has 0 unspecified atom stereocenters. The van der Waals surface area contributed by atoms with Crippen molar-refractivity contribution in [3.05, 3.63) is 23.8 Å². The number of nitrogens with two attached hydrogens (primary N) is 1. The molecule has 0 bridgehead atoms. The summed E-state index contributed by atoms with van der Waals surface area (Å²) in [5, 5.41) is 0. The summed E-state index contributed by atoms with van der Waals surface area (Å²) in [6, 6.07) is 6.17. The normalized spacial score (nSPS) is 17.2. The van der Waals surface area contributed by atoms with Gasteiger partial charge in [0.2, 0.25) is 0 Å². The first-order valence-corrected chi connectivity index (χ1v) is 7.05. The fourth-order valence-corrected chi connectivity index (χ4v) is 2.65. The van der Waals surface area contributed by atoms with E-state index in [0.717, 1.165) is 45.0 Å². The molecule has 1 aromatic rings. The summed E-state index contributed by atoms with van der Waals surface area (Å²) >= 11 is 0. The summed E-state index contributed by atoms with van der Waals surface area (Å²) in [7, 11) is 4.26. The van der Waals surface area contributed by atoms with E-state index in [2.05, 4.69) is 41.8 Å². The van der Waals surface area contributed by atoms with Crippen molar-refractivity contribution >= 4 is 11.4 Å². The Balaban J connectivity index is 1.93. The average molecular weight is 262 g/mol. The molecule has 0 aromatic heterocycles. The van der Waals surface area contributed by atoms with Gasteiger partial charge in [-0.25, -0.2) is 0 Å². The van der Waals surface area contributed by atoms with Gasteiger partial charge in [-0.3, -0.25) is 4.90 Å². The second-order valence-electron chi connectivity index (χ2n) is 5.64. The number of hydrogen-bond acceptors (Lipinski definition) is 4. The van der Waals surface area contributed by atoms with Gasteiger partial charge in [-0.05, 0) is 32.6 Å². The quantitative estimate of drug-likeness (QED) is 0.829. The maximum Gasteiger partial charge on any atom is 0.0630 e. The van der Waals surface area contributed by atoms with Crippen LogP contribution in [-0.4, -0.2) is 63.2 Å². The van der Waals surface area contributed by atoms with Crippen LogP contribution in [0.25, 0.3) is 0 Å². The van der Waals surface area contributed by atoms with Crippen LogP contribution in [0, 0.1) is 6.92 Å². The molecule has 0 aliphatic carbocycles. The number of likely N-dealkylation sites (N-methyl/N-ethyl adjacent to an activating group) is 1. The van der Waals surface area contributed by atoms with Gasteiger partial charge in [0.15, 0.2) is 0 Å². The number of nitrogens with zero attached hydrogens (tertiary/aromatic N) is 3. The number of hydrogen-bond donors (Lipinski definition) is 1. The molecule has 0 atom stereocenters. The van der Waals surface area contributed by atoms with E-state index in [-0.39, 0.29) is 0 Å². The number of benzene rings is 1. The Hall–Kier alpha value is -1.26. The molecule has 0 spiro atoms. The van der Waals surface area contributed by atoms with Gasteiger partial charge in [0.25, 0.3) is 0 Å². The Bertz CT molecular complexity index is 388. The fraction of sp³-hybridized carbons (Fsp3) is 0.600. The molecule has 0 saturated carbocycles. The van der Waals surface area contributed by atoms with Crippen molar-refractivity contribution in [1.29, 1.82) is 0 Å². The molecule has 2 rings (SSSR count). The zero-order valence-corrected chi connectivity index (χ0v) is 12.4. The van der Waals surface area contributed by atoms with E-state index in [1.54, 1.807) is 0 Å². The molecule has 106 valence electrons. The third kappa shape index (κ3) is 3.61. The van der Waals surface area contributed by atoms with Crippen LogP contribution in [0.3, 0.4) is 0 Å². The molecule has 0 amide bonds. The van der Waals surface area contributed by atoms with Crippen LogP contribution in [0.15, 0.2) is 18.2 Å². The highest BCUT2D eigenvalue weighted by Crippen LogP contribution is 2.27. The Labute approximate surface area is 116 Å². The van der Waals surface area contributed by atoms with Gasteiger partial charge in [-0.2, -0.15) is 0 Å². The number of piperazine rings is 1. The Morgan fingerprint density at radius 1 is 1.16 bits per heavy atom. The molecule has 1 heterocycles. The number of rotatable bonds is 4. The van der Waals surface area contributed by atoms with Crippen LogP contribution in [0.2, 0.25) is 0 Å². The van der Waals surface area contributed by atoms with Crippen molar-refractivity contribution in [2.45, 2.75) is 6.92 Å². The monoisotopic (exact) mass is 262 g/mol. The topological polar surface area (TPSA) is 35.7 Å². The lowest BCUT2D eigenvalue weighted by Crippen LogP contribution is -2.48. The van der Waals surface area contributed by atoms with E-state index in [1.807, 2.05) is 12.1 Å². The average Bonchev–Trinajstić information content (AvgIpc) is 2.37. The largest absolute Gasteiger partial charge is 0.397 e. The van der Waals surface area contributed by atoms with E-state index in [0.29, 0.717) is 0 Å². The number of para-hydroxylation sites is 1. The van der Waals surface area contributed by atoms with E-state index >= 15 is 0 Å². The molecular weight excluding hydrogens is 236 g/mol. The van der Waals surface area contributed by atoms with Crippen molar-refractivity contribution in [2.24, 2.45) is 0 Å². The summed E-state index contributed by atoms with van der Waals surface area (Å²) in [5.74, 6) is 0. The lowest BCUT2D eigenvalue weighted by atomic mass is 10.1. The third-order valence-electron chi connectivity index (χ3n) is 3.82. The van der Waals surface area contributed by atoms with Gasteiger partial charge in [0.05, 0.1) is 11.4 Å². The molecule has 4 heteroatoms. The Morgan fingerprint density at radius 3 is 2.42 bits per heavy atom. The molecule has 1 aliphatic heterocycles. The minimum absolute atomic E-state index is 0.904. The van der Waals surface area contributed by atoms with Gasteiger partial charge in [0, 0.05) is 39.3 Å². The molecule has 4 nitrogen and oxygen atoms in total. The minimum atomic E-state index is 0.904. The van der Waals surface area contributed by atoms with Gasteiger partial charge >= 0.3 is 0 Å². The maximum atomic E-state index is 6.12. The van der Waals surface area contributed by atoms with E-state index < -0.39 is 0 Å². The molecule has 19 heavy (non-hydrogen) atoms. The molecule has 1 aromatic carbocycles. The second-order valence-corrected chi connectivity index (χ2v) is 5.64. The number of aryl methyl sites for hydroxylation is 1. The molecule has 1 aliphatic rings. The number of nitrogen functional groups attached to an aromatic ring is 1. The molecular formula is C15H26N4. The zero-order valence-electron chi connectivity index (χ0n) is 12.4. The second kappa shape index (κ2) is 6.26. The van der Waals surface area contributed by atoms with Crippen LogP contribution in [0.4, 0.5) is 11.4 Å². The minimum Gasteiger partial charge on any atom is -0.397 e. The van der Waals surface area contributed by atoms with Crippen molar-refractivity contribution < 1.29 is 0 Å². The van der Waals surface area contributed by atoms with Gasteiger partial charge in [0.1, 0.15) is 0 Å². The summed E-state index contributed by atoms with van der Waals surface area (Å²) in [5.41, 5.74) is 9.54. The Kier molecular flexibility index (Phi) is 4.66.